The third-order valence-electron chi connectivity index (χ3n) is 4.32. The van der Waals surface area contributed by atoms with E-state index in [0.717, 1.165) is 29.5 Å². The third kappa shape index (κ3) is 4.35. The van der Waals surface area contributed by atoms with Gasteiger partial charge in [0.05, 0.1) is 12.7 Å². The number of ether oxygens (including phenoxy) is 1. The van der Waals surface area contributed by atoms with Gasteiger partial charge in [-0.2, -0.15) is 4.39 Å². The summed E-state index contributed by atoms with van der Waals surface area (Å²) < 4.78 is 32.5. The van der Waals surface area contributed by atoms with Crippen molar-refractivity contribution >= 4 is 0 Å². The van der Waals surface area contributed by atoms with Crippen LogP contribution in [0.25, 0.3) is 11.1 Å². The van der Waals surface area contributed by atoms with E-state index in [4.69, 9.17) is 4.74 Å². The highest BCUT2D eigenvalue weighted by Crippen LogP contribution is 2.23. The summed E-state index contributed by atoms with van der Waals surface area (Å²) in [5.74, 6) is 3.41. The lowest BCUT2D eigenvalue weighted by atomic mass is 10.0. The van der Waals surface area contributed by atoms with Crippen molar-refractivity contribution in [2.45, 2.75) is 19.8 Å². The Labute approximate surface area is 158 Å². The van der Waals surface area contributed by atoms with Gasteiger partial charge in [0.1, 0.15) is 0 Å². The molecule has 0 radical (unpaired) electrons. The van der Waals surface area contributed by atoms with E-state index >= 15 is 0 Å². The normalized spacial score (nSPS) is 10.2. The molecule has 3 heteroatoms. The largest absolute Gasteiger partial charge is 0.494 e. The van der Waals surface area contributed by atoms with Crippen LogP contribution in [0.4, 0.5) is 8.78 Å². The Balaban J connectivity index is 1.79. The Hall–Kier alpha value is -3.12. The van der Waals surface area contributed by atoms with E-state index in [1.165, 1.54) is 24.8 Å². The molecule has 0 unspecified atom stereocenters. The van der Waals surface area contributed by atoms with Gasteiger partial charge in [-0.25, -0.2) is 4.39 Å². The molecule has 0 amide bonds. The van der Waals surface area contributed by atoms with Crippen molar-refractivity contribution in [3.8, 4) is 28.7 Å². The van der Waals surface area contributed by atoms with Crippen molar-refractivity contribution in [3.05, 3.63) is 89.0 Å². The van der Waals surface area contributed by atoms with Crippen LogP contribution >= 0.6 is 0 Å². The monoisotopic (exact) mass is 362 g/mol. The summed E-state index contributed by atoms with van der Waals surface area (Å²) in [6.07, 6.45) is 2.21. The molecule has 0 heterocycles. The van der Waals surface area contributed by atoms with Gasteiger partial charge in [-0.1, -0.05) is 61.6 Å². The molecular formula is C24H20F2O. The van der Waals surface area contributed by atoms with Gasteiger partial charge in [-0.05, 0) is 47.4 Å². The zero-order chi connectivity index (χ0) is 19.2. The minimum atomic E-state index is -1.02. The predicted molar refractivity (Wildman–Crippen MR) is 105 cm³/mol. The highest BCUT2D eigenvalue weighted by molar-refractivity contribution is 5.64. The number of methoxy groups -OCH3 is 1. The lowest BCUT2D eigenvalue weighted by Gasteiger charge is -2.04. The maximum absolute atomic E-state index is 14.0. The maximum atomic E-state index is 14.0. The average molecular weight is 362 g/mol. The number of hydrogen-bond donors (Lipinski definition) is 0. The summed E-state index contributed by atoms with van der Waals surface area (Å²) in [6, 6.07) is 19.0. The lowest BCUT2D eigenvalue weighted by Crippen LogP contribution is -1.95. The molecule has 0 saturated carbocycles. The molecule has 0 aliphatic heterocycles. The number of rotatable bonds is 4. The second kappa shape index (κ2) is 8.51. The molecule has 0 aromatic heterocycles. The molecule has 27 heavy (non-hydrogen) atoms. The summed E-state index contributed by atoms with van der Waals surface area (Å²) in [5, 5.41) is 0. The Kier molecular flexibility index (Phi) is 5.88. The number of halogens is 2. The minimum absolute atomic E-state index is 0.00360. The van der Waals surface area contributed by atoms with E-state index in [-0.39, 0.29) is 11.3 Å². The molecule has 0 saturated heterocycles. The Morgan fingerprint density at radius 2 is 1.41 bits per heavy atom. The molecule has 0 atom stereocenters. The first-order valence-electron chi connectivity index (χ1n) is 8.85. The highest BCUT2D eigenvalue weighted by Gasteiger charge is 2.12. The molecule has 3 rings (SSSR count). The first-order valence-corrected chi connectivity index (χ1v) is 8.85. The minimum Gasteiger partial charge on any atom is -0.494 e. The van der Waals surface area contributed by atoms with E-state index < -0.39 is 11.6 Å². The van der Waals surface area contributed by atoms with Crippen LogP contribution in [0.1, 0.15) is 30.0 Å². The molecule has 0 N–H and O–H groups in total. The van der Waals surface area contributed by atoms with Crippen LogP contribution in [0, 0.1) is 23.5 Å². The molecule has 3 aromatic rings. The van der Waals surface area contributed by atoms with Crippen molar-refractivity contribution in [3.63, 3.8) is 0 Å². The second-order valence-corrected chi connectivity index (χ2v) is 6.22. The summed E-state index contributed by atoms with van der Waals surface area (Å²) >= 11 is 0. The topological polar surface area (TPSA) is 9.23 Å². The molecule has 0 aliphatic carbocycles. The fraction of sp³-hybridized carbons (Fsp3) is 0.167. The summed E-state index contributed by atoms with van der Waals surface area (Å²) in [6.45, 7) is 2.17. The van der Waals surface area contributed by atoms with E-state index in [1.54, 1.807) is 0 Å². The van der Waals surface area contributed by atoms with E-state index in [9.17, 15) is 8.78 Å². The van der Waals surface area contributed by atoms with Gasteiger partial charge in [0.15, 0.2) is 11.6 Å². The summed E-state index contributed by atoms with van der Waals surface area (Å²) in [4.78, 5) is 0. The van der Waals surface area contributed by atoms with Crippen molar-refractivity contribution in [1.29, 1.82) is 0 Å². The highest BCUT2D eigenvalue weighted by atomic mass is 19.2. The molecule has 1 nitrogen and oxygen atoms in total. The summed E-state index contributed by atoms with van der Waals surface area (Å²) in [5.41, 5.74) is 4.29. The maximum Gasteiger partial charge on any atom is 0.201 e. The van der Waals surface area contributed by atoms with Crippen LogP contribution in [0.15, 0.2) is 60.7 Å². The van der Waals surface area contributed by atoms with Gasteiger partial charge in [0.2, 0.25) is 5.82 Å². The van der Waals surface area contributed by atoms with Gasteiger partial charge >= 0.3 is 0 Å². The van der Waals surface area contributed by atoms with Crippen LogP contribution in [-0.4, -0.2) is 7.11 Å². The standard InChI is InChI=1S/C24H20F2O/c1-3-4-17-5-10-19(11-6-17)20-12-7-18(8-13-20)9-14-21-15-16-22(27-2)24(26)23(21)25/h5-8,10-13,15-16H,3-4H2,1-2H3. The van der Waals surface area contributed by atoms with Crippen LogP contribution < -0.4 is 4.74 Å². The first-order chi connectivity index (χ1) is 13.1. The number of benzene rings is 3. The Bertz CT molecular complexity index is 978. The molecule has 0 fully saturated rings. The number of aryl methyl sites for hydroxylation is 1. The Morgan fingerprint density at radius 1 is 0.778 bits per heavy atom. The average Bonchev–Trinajstić information content (AvgIpc) is 2.70. The summed E-state index contributed by atoms with van der Waals surface area (Å²) in [7, 11) is 1.29. The molecule has 0 bridgehead atoms. The predicted octanol–water partition coefficient (Wildman–Crippen LogP) is 5.99. The van der Waals surface area contributed by atoms with Gasteiger partial charge in [0.25, 0.3) is 0 Å². The third-order valence-corrected chi connectivity index (χ3v) is 4.32. The van der Waals surface area contributed by atoms with Crippen LogP contribution in [0.3, 0.4) is 0 Å². The number of hydrogen-bond acceptors (Lipinski definition) is 1. The van der Waals surface area contributed by atoms with Gasteiger partial charge in [-0.15, -0.1) is 0 Å². The smallest absolute Gasteiger partial charge is 0.201 e. The zero-order valence-corrected chi connectivity index (χ0v) is 15.4. The molecule has 0 spiro atoms. The van der Waals surface area contributed by atoms with Gasteiger partial charge in [0, 0.05) is 5.56 Å². The van der Waals surface area contributed by atoms with Crippen molar-refractivity contribution in [2.75, 3.05) is 7.11 Å². The van der Waals surface area contributed by atoms with E-state index in [0.29, 0.717) is 0 Å². The first kappa shape index (κ1) is 18.7. The second-order valence-electron chi connectivity index (χ2n) is 6.22. The molecule has 0 aliphatic rings. The molecular weight excluding hydrogens is 342 g/mol. The SMILES string of the molecule is CCCc1ccc(-c2ccc(C#Cc3ccc(OC)c(F)c3F)cc2)cc1. The molecule has 136 valence electrons. The van der Waals surface area contributed by atoms with Gasteiger partial charge in [-0.3, -0.25) is 0 Å². The van der Waals surface area contributed by atoms with Crippen molar-refractivity contribution in [2.24, 2.45) is 0 Å². The van der Waals surface area contributed by atoms with Crippen molar-refractivity contribution < 1.29 is 13.5 Å². The molecule has 3 aromatic carbocycles. The lowest BCUT2D eigenvalue weighted by molar-refractivity contribution is 0.371. The van der Waals surface area contributed by atoms with Crippen LogP contribution in [-0.2, 0) is 6.42 Å². The fourth-order valence-corrected chi connectivity index (χ4v) is 2.82. The zero-order valence-electron chi connectivity index (χ0n) is 15.4. The van der Waals surface area contributed by atoms with Crippen LogP contribution in [0.5, 0.6) is 5.75 Å². The van der Waals surface area contributed by atoms with Gasteiger partial charge < -0.3 is 4.74 Å². The Morgan fingerprint density at radius 3 is 2.00 bits per heavy atom. The quantitative estimate of drug-likeness (QED) is 0.518. The fourth-order valence-electron chi connectivity index (χ4n) is 2.82. The van der Waals surface area contributed by atoms with E-state index in [1.807, 2.05) is 24.3 Å². The van der Waals surface area contributed by atoms with Crippen molar-refractivity contribution in [1.82, 2.24) is 0 Å². The van der Waals surface area contributed by atoms with E-state index in [2.05, 4.69) is 43.0 Å². The van der Waals surface area contributed by atoms with Crippen LogP contribution in [0.2, 0.25) is 0 Å².